The van der Waals surface area contributed by atoms with E-state index >= 15 is 0 Å². The molecular formula is C26H23ClN6OS2. The Kier molecular flexibility index (Phi) is 6.60. The summed E-state index contributed by atoms with van der Waals surface area (Å²) in [7, 11) is 0. The maximum Gasteiger partial charge on any atom is 0.219 e. The van der Waals surface area contributed by atoms with Gasteiger partial charge in [-0.15, -0.1) is 10.2 Å². The Labute approximate surface area is 222 Å². The summed E-state index contributed by atoms with van der Waals surface area (Å²) in [4.78, 5) is 19.5. The summed E-state index contributed by atoms with van der Waals surface area (Å²) in [5, 5.41) is 20.2. The topological polar surface area (TPSA) is 109 Å². The number of halogens is 1. The fourth-order valence-corrected chi connectivity index (χ4v) is 6.88. The Morgan fingerprint density at radius 2 is 2.06 bits per heavy atom. The predicted molar refractivity (Wildman–Crippen MR) is 142 cm³/mol. The second-order valence-corrected chi connectivity index (χ2v) is 12.1. The van der Waals surface area contributed by atoms with Crippen molar-refractivity contribution in [3.63, 3.8) is 0 Å². The first-order valence-corrected chi connectivity index (χ1v) is 13.5. The van der Waals surface area contributed by atoms with Crippen LogP contribution in [0, 0.1) is 16.7 Å². The number of rotatable bonds is 5. The van der Waals surface area contributed by atoms with Crippen molar-refractivity contribution in [2.45, 2.75) is 42.7 Å². The molecule has 0 spiro atoms. The molecule has 0 amide bonds. The van der Waals surface area contributed by atoms with Crippen LogP contribution in [0.4, 0.5) is 5.13 Å². The van der Waals surface area contributed by atoms with E-state index in [1.807, 2.05) is 30.3 Å². The molecule has 5 rings (SSSR count). The van der Waals surface area contributed by atoms with Crippen LogP contribution in [0.1, 0.15) is 43.7 Å². The van der Waals surface area contributed by atoms with Gasteiger partial charge in [-0.05, 0) is 35.1 Å². The van der Waals surface area contributed by atoms with Crippen molar-refractivity contribution in [3.8, 4) is 6.07 Å². The number of benzene rings is 1. The van der Waals surface area contributed by atoms with E-state index in [4.69, 9.17) is 17.3 Å². The number of allylic oxidation sites excluding steroid dienone is 3. The summed E-state index contributed by atoms with van der Waals surface area (Å²) in [6.07, 6.45) is 4.37. The number of pyridine rings is 1. The highest BCUT2D eigenvalue weighted by Crippen LogP contribution is 2.50. The molecule has 1 aromatic carbocycles. The molecule has 3 heterocycles. The van der Waals surface area contributed by atoms with E-state index in [0.717, 1.165) is 21.2 Å². The number of nitrogens with zero attached hydrogens (tertiary/aromatic N) is 5. The molecule has 1 atom stereocenters. The van der Waals surface area contributed by atoms with Gasteiger partial charge in [-0.1, -0.05) is 72.8 Å². The zero-order chi connectivity index (χ0) is 25.4. The molecule has 2 aliphatic rings. The van der Waals surface area contributed by atoms with Gasteiger partial charge in [0.2, 0.25) is 5.13 Å². The average molecular weight is 535 g/mol. The molecule has 2 N–H and O–H groups in total. The summed E-state index contributed by atoms with van der Waals surface area (Å²) < 4.78 is 0.745. The minimum absolute atomic E-state index is 0.0122. The largest absolute Gasteiger partial charge is 0.384 e. The summed E-state index contributed by atoms with van der Waals surface area (Å²) in [5.41, 5.74) is 9.86. The van der Waals surface area contributed by atoms with Crippen LogP contribution in [-0.4, -0.2) is 21.0 Å². The van der Waals surface area contributed by atoms with Crippen LogP contribution < -0.4 is 10.6 Å². The molecule has 3 aromatic rings. The van der Waals surface area contributed by atoms with Crippen LogP contribution >= 0.6 is 34.7 Å². The lowest BCUT2D eigenvalue weighted by Crippen LogP contribution is -2.42. The van der Waals surface area contributed by atoms with Crippen LogP contribution in [0.3, 0.4) is 0 Å². The van der Waals surface area contributed by atoms with Gasteiger partial charge in [0.1, 0.15) is 5.82 Å². The van der Waals surface area contributed by atoms with E-state index < -0.39 is 5.92 Å². The number of carbonyl (C=O) groups excluding carboxylic acids is 1. The third-order valence-electron chi connectivity index (χ3n) is 6.29. The third-order valence-corrected chi connectivity index (χ3v) is 8.75. The summed E-state index contributed by atoms with van der Waals surface area (Å²) in [6.45, 7) is 4.13. The van der Waals surface area contributed by atoms with E-state index in [1.54, 1.807) is 23.4 Å². The fourth-order valence-electron chi connectivity index (χ4n) is 4.71. The zero-order valence-corrected chi connectivity index (χ0v) is 22.1. The Morgan fingerprint density at radius 3 is 2.78 bits per heavy atom. The number of nitriles is 1. The molecule has 0 saturated heterocycles. The molecule has 0 bridgehead atoms. The Bertz CT molecular complexity index is 1440. The number of aromatic nitrogens is 3. The molecule has 7 nitrogen and oxygen atoms in total. The molecule has 2 aromatic heterocycles. The normalized spacial score (nSPS) is 19.3. The lowest BCUT2D eigenvalue weighted by molar-refractivity contribution is -0.118. The average Bonchev–Trinajstić information content (AvgIpc) is 3.31. The maximum absolute atomic E-state index is 13.5. The van der Waals surface area contributed by atoms with Crippen molar-refractivity contribution in [1.29, 1.82) is 5.26 Å². The van der Waals surface area contributed by atoms with Crippen LogP contribution in [0.2, 0.25) is 5.02 Å². The zero-order valence-electron chi connectivity index (χ0n) is 19.7. The van der Waals surface area contributed by atoms with Crippen LogP contribution in [-0.2, 0) is 10.5 Å². The van der Waals surface area contributed by atoms with Gasteiger partial charge < -0.3 is 5.73 Å². The van der Waals surface area contributed by atoms with Gasteiger partial charge >= 0.3 is 0 Å². The highest BCUT2D eigenvalue weighted by atomic mass is 35.5. The highest BCUT2D eigenvalue weighted by molar-refractivity contribution is 8.00. The number of ketones is 1. The SMILES string of the molecule is CC1(C)CC(=O)C2=C(C1)N(c1nnc(SCc3ccccc3Cl)s1)C(N)=C(C#N)[C@H]2c1cccnc1. The number of carbonyl (C=O) groups is 1. The van der Waals surface area contributed by atoms with E-state index in [9.17, 15) is 10.1 Å². The number of hydrogen-bond acceptors (Lipinski definition) is 9. The van der Waals surface area contributed by atoms with Crippen LogP contribution in [0.25, 0.3) is 0 Å². The predicted octanol–water partition coefficient (Wildman–Crippen LogP) is 5.82. The number of anilines is 1. The van der Waals surface area contributed by atoms with Gasteiger partial charge in [0.15, 0.2) is 10.1 Å². The van der Waals surface area contributed by atoms with Crippen LogP contribution in [0.15, 0.2) is 75.8 Å². The minimum Gasteiger partial charge on any atom is -0.384 e. The molecule has 0 radical (unpaired) electrons. The van der Waals surface area contributed by atoms with Crippen molar-refractivity contribution in [1.82, 2.24) is 15.2 Å². The standard InChI is InChI=1S/C26H23ClN6OS2/c1-26(2)10-19-22(20(34)11-26)21(15-7-5-9-30-13-15)17(12-28)23(29)33(19)24-31-32-25(36-24)35-14-16-6-3-4-8-18(16)27/h3-9,13,21H,10-11,14,29H2,1-2H3/t21-/m1/s1. The monoisotopic (exact) mass is 534 g/mol. The van der Waals surface area contributed by atoms with Crippen molar-refractivity contribution in [2.24, 2.45) is 11.1 Å². The number of nitrogens with two attached hydrogens (primary N) is 1. The molecule has 36 heavy (non-hydrogen) atoms. The Balaban J connectivity index is 1.57. The van der Waals surface area contributed by atoms with Crippen molar-refractivity contribution < 1.29 is 4.79 Å². The quantitative estimate of drug-likeness (QED) is 0.408. The van der Waals surface area contributed by atoms with Gasteiger partial charge in [0, 0.05) is 40.9 Å². The Morgan fingerprint density at radius 1 is 1.25 bits per heavy atom. The summed E-state index contributed by atoms with van der Waals surface area (Å²) >= 11 is 9.20. The molecule has 0 fully saturated rings. The van der Waals surface area contributed by atoms with E-state index in [0.29, 0.717) is 39.9 Å². The van der Waals surface area contributed by atoms with Crippen molar-refractivity contribution in [2.75, 3.05) is 4.90 Å². The number of Topliss-reactive ketones (excluding diaryl/α,β-unsaturated/α-hetero) is 1. The number of thioether (sulfide) groups is 1. The minimum atomic E-state index is -0.555. The smallest absolute Gasteiger partial charge is 0.219 e. The maximum atomic E-state index is 13.5. The van der Waals surface area contributed by atoms with Gasteiger partial charge in [0.05, 0.1) is 17.6 Å². The van der Waals surface area contributed by atoms with E-state index in [1.165, 1.54) is 23.1 Å². The second kappa shape index (κ2) is 9.69. The molecule has 182 valence electrons. The van der Waals surface area contributed by atoms with E-state index in [2.05, 4.69) is 35.1 Å². The van der Waals surface area contributed by atoms with Gasteiger partial charge in [-0.2, -0.15) is 5.26 Å². The molecular weight excluding hydrogens is 512 g/mol. The van der Waals surface area contributed by atoms with E-state index in [-0.39, 0.29) is 17.0 Å². The lowest BCUT2D eigenvalue weighted by atomic mass is 9.69. The fraction of sp³-hybridized carbons (Fsp3) is 0.269. The molecule has 1 aliphatic heterocycles. The van der Waals surface area contributed by atoms with Gasteiger partial charge in [0.25, 0.3) is 0 Å². The highest BCUT2D eigenvalue weighted by Gasteiger charge is 2.45. The lowest BCUT2D eigenvalue weighted by Gasteiger charge is -2.42. The number of hydrogen-bond donors (Lipinski definition) is 1. The third kappa shape index (κ3) is 4.52. The Hall–Kier alpha value is -3.19. The van der Waals surface area contributed by atoms with Crippen molar-refractivity contribution in [3.05, 3.63) is 87.6 Å². The summed E-state index contributed by atoms with van der Waals surface area (Å²) in [5.74, 6) is 0.374. The molecule has 1 aliphatic carbocycles. The van der Waals surface area contributed by atoms with Crippen LogP contribution in [0.5, 0.6) is 0 Å². The van der Waals surface area contributed by atoms with Gasteiger partial charge in [-0.3, -0.25) is 14.7 Å². The summed E-state index contributed by atoms with van der Waals surface area (Å²) in [6, 6.07) is 13.6. The first-order chi connectivity index (χ1) is 17.3. The second-order valence-electron chi connectivity index (χ2n) is 9.50. The molecule has 0 unspecified atom stereocenters. The first kappa shape index (κ1) is 24.5. The molecule has 0 saturated carbocycles. The van der Waals surface area contributed by atoms with Crippen molar-refractivity contribution >= 4 is 45.6 Å². The molecule has 10 heteroatoms. The van der Waals surface area contributed by atoms with Gasteiger partial charge in [-0.25, -0.2) is 0 Å². The first-order valence-electron chi connectivity index (χ1n) is 11.3.